The van der Waals surface area contributed by atoms with Crippen molar-refractivity contribution < 1.29 is 9.84 Å². The number of hydrogen-bond acceptors (Lipinski definition) is 4. The fourth-order valence-electron chi connectivity index (χ4n) is 1.46. The van der Waals surface area contributed by atoms with E-state index in [1.807, 2.05) is 42.1 Å². The quantitative estimate of drug-likeness (QED) is 0.721. The average Bonchev–Trinajstić information content (AvgIpc) is 2.41. The van der Waals surface area contributed by atoms with Crippen LogP contribution in [0.15, 0.2) is 30.3 Å². The molecule has 0 saturated carbocycles. The van der Waals surface area contributed by atoms with Gasteiger partial charge < -0.3 is 15.2 Å². The molecule has 2 N–H and O–H groups in total. The van der Waals surface area contributed by atoms with Crippen molar-refractivity contribution in [2.75, 3.05) is 24.7 Å². The largest absolute Gasteiger partial charge is 0.491 e. The molecule has 0 aromatic heterocycles. The maximum absolute atomic E-state index is 9.79. The maximum atomic E-state index is 9.79. The van der Waals surface area contributed by atoms with Crippen molar-refractivity contribution in [1.82, 2.24) is 5.32 Å². The van der Waals surface area contributed by atoms with E-state index in [0.717, 1.165) is 17.3 Å². The predicted molar refractivity (Wildman–Crippen MR) is 78.4 cm³/mol. The molecule has 1 aromatic rings. The summed E-state index contributed by atoms with van der Waals surface area (Å²) in [5, 5.41) is 13.1. The highest BCUT2D eigenvalue weighted by Crippen LogP contribution is 2.08. The van der Waals surface area contributed by atoms with Gasteiger partial charge in [0, 0.05) is 18.3 Å². The van der Waals surface area contributed by atoms with Gasteiger partial charge in [-0.2, -0.15) is 11.8 Å². The molecule has 1 rings (SSSR count). The van der Waals surface area contributed by atoms with Crippen LogP contribution in [-0.4, -0.2) is 41.9 Å². The van der Waals surface area contributed by atoms with Crippen LogP contribution in [0.4, 0.5) is 0 Å². The molecule has 0 aliphatic heterocycles. The molecule has 4 heteroatoms. The lowest BCUT2D eigenvalue weighted by molar-refractivity contribution is 0.105. The summed E-state index contributed by atoms with van der Waals surface area (Å²) in [4.78, 5) is 0. The summed E-state index contributed by atoms with van der Waals surface area (Å²) in [5.74, 6) is 3.00. The van der Waals surface area contributed by atoms with Crippen LogP contribution < -0.4 is 10.1 Å². The van der Waals surface area contributed by atoms with E-state index in [9.17, 15) is 5.11 Å². The lowest BCUT2D eigenvalue weighted by Crippen LogP contribution is -2.37. The van der Waals surface area contributed by atoms with Crippen LogP contribution in [0.5, 0.6) is 5.75 Å². The van der Waals surface area contributed by atoms with Gasteiger partial charge in [0.05, 0.1) is 0 Å². The highest BCUT2D eigenvalue weighted by atomic mass is 32.2. The molecule has 0 amide bonds. The molecule has 2 atom stereocenters. The Morgan fingerprint density at radius 3 is 2.72 bits per heavy atom. The Labute approximate surface area is 114 Å². The Bertz CT molecular complexity index is 308. The summed E-state index contributed by atoms with van der Waals surface area (Å²) in [6, 6.07) is 9.98. The van der Waals surface area contributed by atoms with Crippen LogP contribution in [-0.2, 0) is 0 Å². The van der Waals surface area contributed by atoms with E-state index in [0.29, 0.717) is 19.2 Å². The molecule has 0 radical (unpaired) electrons. The zero-order valence-corrected chi connectivity index (χ0v) is 12.0. The van der Waals surface area contributed by atoms with Crippen LogP contribution in [0.2, 0.25) is 0 Å². The Kier molecular flexibility index (Phi) is 7.89. The first kappa shape index (κ1) is 15.3. The van der Waals surface area contributed by atoms with Gasteiger partial charge in [0.2, 0.25) is 0 Å². The average molecular weight is 269 g/mol. The lowest BCUT2D eigenvalue weighted by atomic mass is 10.3. The highest BCUT2D eigenvalue weighted by molar-refractivity contribution is 7.99. The van der Waals surface area contributed by atoms with E-state index >= 15 is 0 Å². The number of nitrogens with one attached hydrogen (secondary N) is 1. The van der Waals surface area contributed by atoms with E-state index in [4.69, 9.17) is 4.74 Å². The van der Waals surface area contributed by atoms with E-state index in [1.165, 1.54) is 0 Å². The number of aliphatic hydroxyl groups excluding tert-OH is 1. The number of aliphatic hydroxyl groups is 1. The van der Waals surface area contributed by atoms with Crippen LogP contribution >= 0.6 is 11.8 Å². The molecule has 0 fully saturated rings. The number of benzene rings is 1. The number of ether oxygens (including phenoxy) is 1. The van der Waals surface area contributed by atoms with Crippen molar-refractivity contribution in [2.24, 2.45) is 0 Å². The molecule has 102 valence electrons. The van der Waals surface area contributed by atoms with E-state index in [-0.39, 0.29) is 0 Å². The Balaban J connectivity index is 2.12. The molecule has 2 unspecified atom stereocenters. The van der Waals surface area contributed by atoms with Crippen molar-refractivity contribution in [3.63, 3.8) is 0 Å². The van der Waals surface area contributed by atoms with Gasteiger partial charge in [-0.15, -0.1) is 0 Å². The van der Waals surface area contributed by atoms with Crippen molar-refractivity contribution >= 4 is 11.8 Å². The molecule has 0 saturated heterocycles. The van der Waals surface area contributed by atoms with Gasteiger partial charge in [-0.05, 0) is 24.8 Å². The Morgan fingerprint density at radius 2 is 2.06 bits per heavy atom. The zero-order chi connectivity index (χ0) is 13.2. The summed E-state index contributed by atoms with van der Waals surface area (Å²) < 4.78 is 5.49. The predicted octanol–water partition coefficient (Wildman–Crippen LogP) is 2.16. The summed E-state index contributed by atoms with van der Waals surface area (Å²) in [7, 11) is 0. The van der Waals surface area contributed by atoms with Gasteiger partial charge in [-0.3, -0.25) is 0 Å². The van der Waals surface area contributed by atoms with E-state index in [2.05, 4.69) is 19.2 Å². The molecular formula is C14H23NO2S. The van der Waals surface area contributed by atoms with Crippen LogP contribution in [0.1, 0.15) is 13.8 Å². The smallest absolute Gasteiger partial charge is 0.119 e. The maximum Gasteiger partial charge on any atom is 0.119 e. The molecule has 1 aromatic carbocycles. The molecule has 0 aliphatic rings. The molecule has 0 bridgehead atoms. The lowest BCUT2D eigenvalue weighted by Gasteiger charge is -2.17. The van der Waals surface area contributed by atoms with E-state index < -0.39 is 6.10 Å². The van der Waals surface area contributed by atoms with E-state index in [1.54, 1.807) is 0 Å². The number of rotatable bonds is 9. The molecular weight excluding hydrogens is 246 g/mol. The van der Waals surface area contributed by atoms with Crippen LogP contribution in [0.3, 0.4) is 0 Å². The first-order valence-corrected chi connectivity index (χ1v) is 7.55. The Morgan fingerprint density at radius 1 is 1.33 bits per heavy atom. The fourth-order valence-corrected chi connectivity index (χ4v) is 2.17. The molecule has 18 heavy (non-hydrogen) atoms. The van der Waals surface area contributed by atoms with Gasteiger partial charge >= 0.3 is 0 Å². The third kappa shape index (κ3) is 6.89. The van der Waals surface area contributed by atoms with Gasteiger partial charge in [-0.1, -0.05) is 25.1 Å². The van der Waals surface area contributed by atoms with Gasteiger partial charge in [0.25, 0.3) is 0 Å². The summed E-state index contributed by atoms with van der Waals surface area (Å²) in [6.07, 6.45) is -0.473. The number of thioether (sulfide) groups is 1. The minimum atomic E-state index is -0.473. The third-order valence-corrected chi connectivity index (χ3v) is 3.60. The van der Waals surface area contributed by atoms with Crippen molar-refractivity contribution in [3.05, 3.63) is 30.3 Å². The number of para-hydroxylation sites is 1. The third-order valence-electron chi connectivity index (χ3n) is 2.46. The summed E-state index contributed by atoms with van der Waals surface area (Å²) in [6.45, 7) is 5.18. The van der Waals surface area contributed by atoms with Crippen molar-refractivity contribution in [2.45, 2.75) is 26.0 Å². The standard InChI is InChI=1S/C14H23NO2S/c1-3-18-11-12(2)15-9-13(16)10-17-14-7-5-4-6-8-14/h4-8,12-13,15-16H,3,9-11H2,1-2H3. The second kappa shape index (κ2) is 9.25. The normalized spacial score (nSPS) is 14.2. The van der Waals surface area contributed by atoms with Gasteiger partial charge in [-0.25, -0.2) is 0 Å². The summed E-state index contributed by atoms with van der Waals surface area (Å²) in [5.41, 5.74) is 0. The minimum Gasteiger partial charge on any atom is -0.491 e. The first-order valence-electron chi connectivity index (χ1n) is 6.39. The van der Waals surface area contributed by atoms with Crippen LogP contribution in [0.25, 0.3) is 0 Å². The zero-order valence-electron chi connectivity index (χ0n) is 11.1. The van der Waals surface area contributed by atoms with Gasteiger partial charge in [0.15, 0.2) is 0 Å². The molecule has 0 aliphatic carbocycles. The Hall–Kier alpha value is -0.710. The molecule has 3 nitrogen and oxygen atoms in total. The van der Waals surface area contributed by atoms with Gasteiger partial charge in [0.1, 0.15) is 18.5 Å². The minimum absolute atomic E-state index is 0.324. The second-order valence-electron chi connectivity index (χ2n) is 4.25. The monoisotopic (exact) mass is 269 g/mol. The second-order valence-corrected chi connectivity index (χ2v) is 5.57. The summed E-state index contributed by atoms with van der Waals surface area (Å²) >= 11 is 1.90. The topological polar surface area (TPSA) is 41.5 Å². The van der Waals surface area contributed by atoms with Crippen molar-refractivity contribution in [3.8, 4) is 5.75 Å². The fraction of sp³-hybridized carbons (Fsp3) is 0.571. The molecule has 0 heterocycles. The molecule has 0 spiro atoms. The van der Waals surface area contributed by atoms with Crippen molar-refractivity contribution in [1.29, 1.82) is 0 Å². The highest BCUT2D eigenvalue weighted by Gasteiger charge is 2.07. The van der Waals surface area contributed by atoms with Crippen LogP contribution in [0, 0.1) is 0 Å². The SMILES string of the molecule is CCSCC(C)NCC(O)COc1ccccc1. The first-order chi connectivity index (χ1) is 8.72. The number of hydrogen-bond donors (Lipinski definition) is 2.